The first-order valence-corrected chi connectivity index (χ1v) is 12.3. The lowest BCUT2D eigenvalue weighted by molar-refractivity contribution is 0.0985. The maximum atomic E-state index is 12.9. The summed E-state index contributed by atoms with van der Waals surface area (Å²) in [5, 5.41) is 0. The Balaban J connectivity index is 1.35. The van der Waals surface area contributed by atoms with Crippen LogP contribution in [0.2, 0.25) is 0 Å². The summed E-state index contributed by atoms with van der Waals surface area (Å²) in [5.41, 5.74) is 4.14. The summed E-state index contributed by atoms with van der Waals surface area (Å²) in [6.07, 6.45) is 3.80. The van der Waals surface area contributed by atoms with Crippen molar-refractivity contribution in [2.24, 2.45) is 9.98 Å². The third-order valence-electron chi connectivity index (χ3n) is 6.04. The molecule has 5 aromatic rings. The first-order valence-electron chi connectivity index (χ1n) is 12.3. The summed E-state index contributed by atoms with van der Waals surface area (Å²) in [7, 11) is 0. The van der Waals surface area contributed by atoms with Crippen LogP contribution < -0.4 is 11.0 Å². The first-order chi connectivity index (χ1) is 18.7. The normalized spacial score (nSPS) is 11.9. The smallest absolute Gasteiger partial charge is 0.278 e. The summed E-state index contributed by atoms with van der Waals surface area (Å²) < 4.78 is 3.85. The van der Waals surface area contributed by atoms with E-state index in [-0.39, 0.29) is 11.8 Å². The van der Waals surface area contributed by atoms with Crippen LogP contribution in [0.15, 0.2) is 144 Å². The molecule has 0 saturated carbocycles. The molecule has 0 bridgehead atoms. The predicted octanol–water partition coefficient (Wildman–Crippen LogP) is 4.87. The van der Waals surface area contributed by atoms with E-state index in [1.54, 1.807) is 24.3 Å². The van der Waals surface area contributed by atoms with Gasteiger partial charge in [-0.2, -0.15) is 9.98 Å². The van der Waals surface area contributed by atoms with Crippen molar-refractivity contribution in [1.82, 2.24) is 9.13 Å². The maximum absolute atomic E-state index is 12.9. The van der Waals surface area contributed by atoms with Crippen molar-refractivity contribution in [2.45, 2.75) is 13.1 Å². The molecule has 5 rings (SSSR count). The number of nitrogens with zero attached hydrogens (tertiary/aromatic N) is 4. The lowest BCUT2D eigenvalue weighted by atomic mass is 10.1. The molecule has 38 heavy (non-hydrogen) atoms. The van der Waals surface area contributed by atoms with Crippen LogP contribution >= 0.6 is 0 Å². The van der Waals surface area contributed by atoms with Gasteiger partial charge in [0, 0.05) is 36.6 Å². The van der Waals surface area contributed by atoms with Crippen LogP contribution in [0, 0.1) is 0 Å². The largest absolute Gasteiger partial charge is 0.328 e. The quantitative estimate of drug-likeness (QED) is 0.335. The Morgan fingerprint density at radius 3 is 1.24 bits per heavy atom. The Kier molecular flexibility index (Phi) is 7.61. The average Bonchev–Trinajstić information content (AvgIpc) is 2.96. The Labute approximate surface area is 220 Å². The molecule has 0 unspecified atom stereocenters. The van der Waals surface area contributed by atoms with Gasteiger partial charge in [-0.05, 0) is 59.7 Å². The van der Waals surface area contributed by atoms with Gasteiger partial charge in [-0.3, -0.25) is 9.59 Å². The molecule has 2 heterocycles. The monoisotopic (exact) mass is 498 g/mol. The highest BCUT2D eigenvalue weighted by molar-refractivity contribution is 5.98. The molecule has 0 atom stereocenters. The Morgan fingerprint density at radius 1 is 0.474 bits per heavy atom. The van der Waals surface area contributed by atoms with E-state index in [0.717, 1.165) is 11.1 Å². The van der Waals surface area contributed by atoms with Gasteiger partial charge in [0.1, 0.15) is 11.0 Å². The lowest BCUT2D eigenvalue weighted by Gasteiger charge is -2.07. The number of carbonyl (C=O) groups is 2. The van der Waals surface area contributed by atoms with E-state index in [1.807, 2.05) is 119 Å². The number of carbonyl (C=O) groups excluding carboxylic acids is 2. The molecule has 0 aliphatic heterocycles. The van der Waals surface area contributed by atoms with Gasteiger partial charge in [0.25, 0.3) is 11.8 Å². The van der Waals surface area contributed by atoms with Crippen LogP contribution in [0.25, 0.3) is 0 Å². The first kappa shape index (κ1) is 24.6. The average molecular weight is 499 g/mol. The molecule has 6 heteroatoms. The minimum absolute atomic E-state index is 0.377. The van der Waals surface area contributed by atoms with E-state index < -0.39 is 0 Å². The molecule has 2 amide bonds. The van der Waals surface area contributed by atoms with Gasteiger partial charge < -0.3 is 9.13 Å². The zero-order chi connectivity index (χ0) is 26.2. The van der Waals surface area contributed by atoms with E-state index in [0.29, 0.717) is 35.2 Å². The lowest BCUT2D eigenvalue weighted by Crippen LogP contribution is -2.22. The fourth-order valence-corrected chi connectivity index (χ4v) is 4.06. The van der Waals surface area contributed by atoms with Crippen LogP contribution in [0.4, 0.5) is 0 Å². The molecular weight excluding hydrogens is 472 g/mol. The van der Waals surface area contributed by atoms with Crippen LogP contribution in [-0.4, -0.2) is 20.9 Å². The Morgan fingerprint density at radius 2 is 0.842 bits per heavy atom. The molecule has 186 valence electrons. The highest BCUT2D eigenvalue weighted by Crippen LogP contribution is 2.08. The van der Waals surface area contributed by atoms with Crippen LogP contribution in [-0.2, 0) is 13.1 Å². The number of aromatic nitrogens is 2. The van der Waals surface area contributed by atoms with Crippen molar-refractivity contribution in [3.8, 4) is 0 Å². The zero-order valence-electron chi connectivity index (χ0n) is 20.7. The van der Waals surface area contributed by atoms with E-state index in [1.165, 1.54) is 0 Å². The molecule has 0 radical (unpaired) electrons. The third-order valence-corrected chi connectivity index (χ3v) is 6.04. The minimum atomic E-state index is -0.377. The fraction of sp³-hybridized carbons (Fsp3) is 0.0625. The molecule has 0 spiro atoms. The second-order valence-electron chi connectivity index (χ2n) is 8.76. The number of rotatable bonds is 6. The van der Waals surface area contributed by atoms with Gasteiger partial charge >= 0.3 is 0 Å². The number of amides is 2. The highest BCUT2D eigenvalue weighted by Gasteiger charge is 2.09. The summed E-state index contributed by atoms with van der Waals surface area (Å²) in [6, 6.07) is 37.6. The number of hydrogen-bond acceptors (Lipinski definition) is 2. The predicted molar refractivity (Wildman–Crippen MR) is 146 cm³/mol. The van der Waals surface area contributed by atoms with Crippen LogP contribution in [0.5, 0.6) is 0 Å². The molecule has 3 aromatic carbocycles. The summed E-state index contributed by atoms with van der Waals surface area (Å²) >= 11 is 0. The molecule has 0 aliphatic rings. The SMILES string of the molecule is O=C(N=c1ccccn1Cc1ccccc1)c1ccc(C(=O)N=c2ccccn2Cc2ccccc2)cc1. The molecule has 0 aliphatic carbocycles. The fourth-order valence-electron chi connectivity index (χ4n) is 4.06. The van der Waals surface area contributed by atoms with Crippen LogP contribution in [0.1, 0.15) is 31.8 Å². The maximum Gasteiger partial charge on any atom is 0.278 e. The zero-order valence-corrected chi connectivity index (χ0v) is 20.7. The summed E-state index contributed by atoms with van der Waals surface area (Å²) in [4.78, 5) is 34.5. The number of hydrogen-bond donors (Lipinski definition) is 0. The molecule has 6 nitrogen and oxygen atoms in total. The van der Waals surface area contributed by atoms with Crippen molar-refractivity contribution < 1.29 is 9.59 Å². The van der Waals surface area contributed by atoms with Crippen molar-refractivity contribution in [2.75, 3.05) is 0 Å². The highest BCUT2D eigenvalue weighted by atomic mass is 16.1. The molecule has 0 fully saturated rings. The summed E-state index contributed by atoms with van der Waals surface area (Å²) in [5.74, 6) is -0.754. The van der Waals surface area contributed by atoms with Gasteiger partial charge in [0.05, 0.1) is 0 Å². The molecule has 0 N–H and O–H groups in total. The van der Waals surface area contributed by atoms with Gasteiger partial charge in [0.15, 0.2) is 0 Å². The van der Waals surface area contributed by atoms with E-state index >= 15 is 0 Å². The molecule has 2 aromatic heterocycles. The summed E-state index contributed by atoms with van der Waals surface area (Å²) in [6.45, 7) is 1.21. The second kappa shape index (κ2) is 11.8. The van der Waals surface area contributed by atoms with E-state index in [9.17, 15) is 9.59 Å². The van der Waals surface area contributed by atoms with Gasteiger partial charge in [0.2, 0.25) is 0 Å². The minimum Gasteiger partial charge on any atom is -0.328 e. The van der Waals surface area contributed by atoms with E-state index in [2.05, 4.69) is 9.98 Å². The van der Waals surface area contributed by atoms with Gasteiger partial charge in [-0.25, -0.2) is 0 Å². The van der Waals surface area contributed by atoms with Crippen molar-refractivity contribution in [1.29, 1.82) is 0 Å². The van der Waals surface area contributed by atoms with Gasteiger partial charge in [-0.15, -0.1) is 0 Å². The number of benzene rings is 3. The van der Waals surface area contributed by atoms with Crippen molar-refractivity contribution in [3.63, 3.8) is 0 Å². The molecular formula is C32H26N4O2. The van der Waals surface area contributed by atoms with E-state index in [4.69, 9.17) is 0 Å². The van der Waals surface area contributed by atoms with Crippen molar-refractivity contribution >= 4 is 11.8 Å². The Hall–Kier alpha value is -5.10. The standard InChI is InChI=1S/C32H26N4O2/c37-31(33-29-15-7-9-21-35(29)23-25-11-3-1-4-12-25)27-17-19-28(20-18-27)32(38)34-30-16-8-10-22-36(30)24-26-13-5-2-6-14-26/h1-22H,23-24H2. The van der Waals surface area contributed by atoms with Crippen LogP contribution in [0.3, 0.4) is 0 Å². The van der Waals surface area contributed by atoms with Gasteiger partial charge in [-0.1, -0.05) is 72.8 Å². The molecule has 0 saturated heterocycles. The third kappa shape index (κ3) is 6.17. The second-order valence-corrected chi connectivity index (χ2v) is 8.76. The number of pyridine rings is 2. The van der Waals surface area contributed by atoms with Crippen molar-refractivity contribution in [3.05, 3.63) is 167 Å². The Bertz CT molecular complexity index is 1560. The topological polar surface area (TPSA) is 68.7 Å².